The molecule has 1 aliphatic rings. The third kappa shape index (κ3) is 3.92. The Labute approximate surface area is 144 Å². The van der Waals surface area contributed by atoms with Crippen LogP contribution in [-0.2, 0) is 0 Å². The second-order valence-electron chi connectivity index (χ2n) is 5.61. The van der Waals surface area contributed by atoms with Gasteiger partial charge in [-0.05, 0) is 55.3 Å². The van der Waals surface area contributed by atoms with E-state index in [1.807, 2.05) is 6.07 Å². The Morgan fingerprint density at radius 3 is 2.54 bits per heavy atom. The Morgan fingerprint density at radius 1 is 1.17 bits per heavy atom. The molecule has 0 aromatic heterocycles. The minimum absolute atomic E-state index is 0.328. The van der Waals surface area contributed by atoms with Gasteiger partial charge in [-0.3, -0.25) is 4.79 Å². The maximum absolute atomic E-state index is 14.2. The highest BCUT2D eigenvalue weighted by Crippen LogP contribution is 2.22. The van der Waals surface area contributed by atoms with Crippen LogP contribution in [0.25, 0.3) is 0 Å². The van der Waals surface area contributed by atoms with Gasteiger partial charge in [0.2, 0.25) is 0 Å². The van der Waals surface area contributed by atoms with Crippen LogP contribution in [0.4, 0.5) is 10.1 Å². The monoisotopic (exact) mass is 345 g/mol. The van der Waals surface area contributed by atoms with E-state index in [1.165, 1.54) is 12.3 Å². The molecule has 6 heteroatoms. The van der Waals surface area contributed by atoms with Crippen molar-refractivity contribution in [2.45, 2.75) is 12.8 Å². The molecule has 0 radical (unpaired) electrons. The highest BCUT2D eigenvalue weighted by Gasteiger charge is 2.13. The van der Waals surface area contributed by atoms with Crippen LogP contribution in [0.5, 0.6) is 0 Å². The molecule has 1 fully saturated rings. The van der Waals surface area contributed by atoms with Gasteiger partial charge in [-0.15, -0.1) is 0 Å². The molecule has 24 heavy (non-hydrogen) atoms. The van der Waals surface area contributed by atoms with Gasteiger partial charge in [-0.2, -0.15) is 5.10 Å². The van der Waals surface area contributed by atoms with E-state index in [2.05, 4.69) is 15.4 Å². The first-order valence-corrected chi connectivity index (χ1v) is 8.15. The summed E-state index contributed by atoms with van der Waals surface area (Å²) in [6.07, 6.45) is 3.58. The number of hydrogen-bond acceptors (Lipinski definition) is 3. The summed E-state index contributed by atoms with van der Waals surface area (Å²) in [6, 6.07) is 11.5. The minimum Gasteiger partial charge on any atom is -0.371 e. The summed E-state index contributed by atoms with van der Waals surface area (Å²) in [4.78, 5) is 14.0. The molecule has 1 N–H and O–H groups in total. The molecule has 2 aromatic carbocycles. The van der Waals surface area contributed by atoms with E-state index in [0.717, 1.165) is 31.6 Å². The van der Waals surface area contributed by atoms with Gasteiger partial charge in [0.15, 0.2) is 0 Å². The van der Waals surface area contributed by atoms with Crippen LogP contribution < -0.4 is 10.3 Å². The molecule has 2 aromatic rings. The molecule has 0 bridgehead atoms. The Balaban J connectivity index is 1.63. The number of carbonyl (C=O) groups is 1. The van der Waals surface area contributed by atoms with Crippen molar-refractivity contribution < 1.29 is 9.18 Å². The van der Waals surface area contributed by atoms with Crippen molar-refractivity contribution >= 4 is 29.4 Å². The predicted octanol–water partition coefficient (Wildman–Crippen LogP) is 3.84. The van der Waals surface area contributed by atoms with E-state index < -0.39 is 0 Å². The molecule has 0 atom stereocenters. The fourth-order valence-corrected chi connectivity index (χ4v) is 2.75. The van der Waals surface area contributed by atoms with Crippen LogP contribution in [0.2, 0.25) is 5.02 Å². The molecule has 1 amide bonds. The van der Waals surface area contributed by atoms with Crippen molar-refractivity contribution in [2.24, 2.45) is 5.10 Å². The third-order valence-electron chi connectivity index (χ3n) is 3.93. The van der Waals surface area contributed by atoms with Crippen LogP contribution in [-0.4, -0.2) is 25.2 Å². The molecule has 124 valence electrons. The smallest absolute Gasteiger partial charge is 0.271 e. The summed E-state index contributed by atoms with van der Waals surface area (Å²) in [7, 11) is 0. The number of carbonyl (C=O) groups excluding carboxylic acids is 1. The first kappa shape index (κ1) is 16.5. The predicted molar refractivity (Wildman–Crippen MR) is 94.4 cm³/mol. The summed E-state index contributed by atoms with van der Waals surface area (Å²) >= 11 is 5.77. The molecule has 4 nitrogen and oxygen atoms in total. The number of nitrogens with zero attached hydrogens (tertiary/aromatic N) is 2. The lowest BCUT2D eigenvalue weighted by atomic mass is 10.2. The number of hydrazone groups is 1. The highest BCUT2D eigenvalue weighted by molar-refractivity contribution is 6.30. The summed E-state index contributed by atoms with van der Waals surface area (Å²) in [6.45, 7) is 1.92. The van der Waals surface area contributed by atoms with E-state index in [4.69, 9.17) is 11.6 Å². The van der Waals surface area contributed by atoms with Crippen LogP contribution in [0.15, 0.2) is 47.6 Å². The van der Waals surface area contributed by atoms with Crippen LogP contribution in [0, 0.1) is 5.82 Å². The molecule has 1 heterocycles. The number of anilines is 1. The zero-order valence-electron chi connectivity index (χ0n) is 13.0. The SMILES string of the molecule is O=C(N/N=C/c1ccc(N2CCCC2)cc1F)c1ccc(Cl)cc1. The van der Waals surface area contributed by atoms with E-state index in [9.17, 15) is 9.18 Å². The number of rotatable bonds is 4. The lowest BCUT2D eigenvalue weighted by Crippen LogP contribution is -2.18. The third-order valence-corrected chi connectivity index (χ3v) is 4.18. The Bertz CT molecular complexity index is 755. The van der Waals surface area contributed by atoms with Gasteiger partial charge in [0.05, 0.1) is 6.21 Å². The first-order valence-electron chi connectivity index (χ1n) is 7.77. The van der Waals surface area contributed by atoms with Gasteiger partial charge >= 0.3 is 0 Å². The summed E-state index contributed by atoms with van der Waals surface area (Å²) < 4.78 is 14.2. The van der Waals surface area contributed by atoms with Crippen LogP contribution >= 0.6 is 11.6 Å². The maximum atomic E-state index is 14.2. The summed E-state index contributed by atoms with van der Waals surface area (Å²) in [5.41, 5.74) is 4.02. The normalized spacial score (nSPS) is 14.3. The number of benzene rings is 2. The fourth-order valence-electron chi connectivity index (χ4n) is 2.62. The number of amides is 1. The van der Waals surface area contributed by atoms with Gasteiger partial charge < -0.3 is 4.90 Å². The molecule has 0 unspecified atom stereocenters. The topological polar surface area (TPSA) is 44.7 Å². The number of hydrogen-bond donors (Lipinski definition) is 1. The van der Waals surface area contributed by atoms with Gasteiger partial charge in [0, 0.05) is 34.9 Å². The second-order valence-corrected chi connectivity index (χ2v) is 6.04. The lowest BCUT2D eigenvalue weighted by molar-refractivity contribution is 0.0955. The van der Waals surface area contributed by atoms with Crippen molar-refractivity contribution in [2.75, 3.05) is 18.0 Å². The molecule has 0 spiro atoms. The molecule has 0 saturated carbocycles. The van der Waals surface area contributed by atoms with Gasteiger partial charge in [-0.1, -0.05) is 11.6 Å². The van der Waals surface area contributed by atoms with Gasteiger partial charge in [0.1, 0.15) is 5.82 Å². The van der Waals surface area contributed by atoms with Gasteiger partial charge in [0.25, 0.3) is 5.91 Å². The standard InChI is InChI=1S/C18H17ClFN3O/c19-15-6-3-13(4-7-15)18(24)22-21-12-14-5-8-16(11-17(14)20)23-9-1-2-10-23/h3-8,11-12H,1-2,9-10H2,(H,22,24)/b21-12+. The largest absolute Gasteiger partial charge is 0.371 e. The lowest BCUT2D eigenvalue weighted by Gasteiger charge is -2.17. The first-order chi connectivity index (χ1) is 11.6. The van der Waals surface area contributed by atoms with Crippen LogP contribution in [0.1, 0.15) is 28.8 Å². The average molecular weight is 346 g/mol. The second kappa shape index (κ2) is 7.45. The average Bonchev–Trinajstić information content (AvgIpc) is 3.11. The molecular weight excluding hydrogens is 329 g/mol. The van der Waals surface area contributed by atoms with Gasteiger partial charge in [-0.25, -0.2) is 9.82 Å². The molecular formula is C18H17ClFN3O. The van der Waals surface area contributed by atoms with Crippen molar-refractivity contribution in [1.82, 2.24) is 5.43 Å². The quantitative estimate of drug-likeness (QED) is 0.676. The maximum Gasteiger partial charge on any atom is 0.271 e. The zero-order valence-corrected chi connectivity index (χ0v) is 13.8. The Kier molecular flexibility index (Phi) is 5.11. The van der Waals surface area contributed by atoms with Crippen LogP contribution in [0.3, 0.4) is 0 Å². The Morgan fingerprint density at radius 2 is 1.88 bits per heavy atom. The van der Waals surface area contributed by atoms with E-state index in [1.54, 1.807) is 30.3 Å². The summed E-state index contributed by atoms with van der Waals surface area (Å²) in [5, 5.41) is 4.37. The van der Waals surface area contributed by atoms with E-state index >= 15 is 0 Å². The minimum atomic E-state index is -0.378. The molecule has 1 saturated heterocycles. The summed E-state index contributed by atoms with van der Waals surface area (Å²) in [5.74, 6) is -0.735. The number of nitrogens with one attached hydrogen (secondary N) is 1. The Hall–Kier alpha value is -2.40. The van der Waals surface area contributed by atoms with Crippen molar-refractivity contribution in [3.8, 4) is 0 Å². The molecule has 3 rings (SSSR count). The molecule has 1 aliphatic heterocycles. The van der Waals surface area contributed by atoms with Crippen molar-refractivity contribution in [3.05, 3.63) is 64.4 Å². The molecule has 0 aliphatic carbocycles. The van der Waals surface area contributed by atoms with Crippen molar-refractivity contribution in [3.63, 3.8) is 0 Å². The highest BCUT2D eigenvalue weighted by atomic mass is 35.5. The fraction of sp³-hybridized carbons (Fsp3) is 0.222. The van der Waals surface area contributed by atoms with E-state index in [-0.39, 0.29) is 11.7 Å². The number of halogens is 2. The van der Waals surface area contributed by atoms with Crippen molar-refractivity contribution in [1.29, 1.82) is 0 Å². The zero-order chi connectivity index (χ0) is 16.9. The van der Waals surface area contributed by atoms with E-state index in [0.29, 0.717) is 16.1 Å².